The molecule has 3 nitrogen and oxygen atoms in total. The molecular formula is C14H9Cl3O3. The molecule has 104 valence electrons. The van der Waals surface area contributed by atoms with Gasteiger partial charge in [0.15, 0.2) is 0 Å². The van der Waals surface area contributed by atoms with Gasteiger partial charge in [-0.25, -0.2) is 4.79 Å². The minimum Gasteiger partial charge on any atom is -0.488 e. The summed E-state index contributed by atoms with van der Waals surface area (Å²) in [6, 6.07) is 9.65. The summed E-state index contributed by atoms with van der Waals surface area (Å²) in [5.41, 5.74) is 0.631. The first kappa shape index (κ1) is 15.0. The van der Waals surface area contributed by atoms with Gasteiger partial charge in [-0.2, -0.15) is 0 Å². The minimum atomic E-state index is -1.15. The van der Waals surface area contributed by atoms with Crippen LogP contribution in [-0.2, 0) is 6.61 Å². The van der Waals surface area contributed by atoms with Crippen molar-refractivity contribution in [3.8, 4) is 5.75 Å². The predicted molar refractivity (Wildman–Crippen MR) is 79.2 cm³/mol. The van der Waals surface area contributed by atoms with Gasteiger partial charge in [0.25, 0.3) is 0 Å². The maximum Gasteiger partial charge on any atom is 0.341 e. The van der Waals surface area contributed by atoms with Crippen LogP contribution in [0.25, 0.3) is 0 Å². The Labute approximate surface area is 130 Å². The molecule has 0 aliphatic carbocycles. The van der Waals surface area contributed by atoms with Gasteiger partial charge in [0.1, 0.15) is 17.9 Å². The predicted octanol–water partition coefficient (Wildman–Crippen LogP) is 4.92. The van der Waals surface area contributed by atoms with Crippen LogP contribution in [0.15, 0.2) is 36.4 Å². The van der Waals surface area contributed by atoms with Crippen molar-refractivity contribution in [2.45, 2.75) is 6.61 Å². The van der Waals surface area contributed by atoms with Crippen LogP contribution >= 0.6 is 34.8 Å². The molecule has 0 aromatic heterocycles. The Morgan fingerprint density at radius 2 is 1.85 bits per heavy atom. The van der Waals surface area contributed by atoms with Gasteiger partial charge in [0.2, 0.25) is 0 Å². The molecule has 1 N–H and O–H groups in total. The molecule has 0 amide bonds. The number of halogens is 3. The molecule has 2 rings (SSSR count). The van der Waals surface area contributed by atoms with Crippen LogP contribution in [0.3, 0.4) is 0 Å². The quantitative estimate of drug-likeness (QED) is 0.864. The lowest BCUT2D eigenvalue weighted by Crippen LogP contribution is -2.04. The normalized spacial score (nSPS) is 10.3. The Bertz CT molecular complexity index is 656. The third-order valence-corrected chi connectivity index (χ3v) is 3.49. The summed E-state index contributed by atoms with van der Waals surface area (Å²) >= 11 is 17.7. The van der Waals surface area contributed by atoms with Crippen molar-refractivity contribution in [2.75, 3.05) is 0 Å². The number of benzene rings is 2. The molecular weight excluding hydrogens is 323 g/mol. The Hall–Kier alpha value is -1.42. The third kappa shape index (κ3) is 3.37. The lowest BCUT2D eigenvalue weighted by molar-refractivity contribution is 0.0692. The number of carboxylic acid groups (broad SMARTS) is 1. The highest BCUT2D eigenvalue weighted by Crippen LogP contribution is 2.28. The third-order valence-electron chi connectivity index (χ3n) is 2.59. The zero-order chi connectivity index (χ0) is 14.7. The van der Waals surface area contributed by atoms with Gasteiger partial charge in [-0.1, -0.05) is 46.9 Å². The molecule has 2 aromatic rings. The van der Waals surface area contributed by atoms with Gasteiger partial charge in [0.05, 0.1) is 5.02 Å². The summed E-state index contributed by atoms with van der Waals surface area (Å²) < 4.78 is 5.49. The van der Waals surface area contributed by atoms with Crippen molar-refractivity contribution < 1.29 is 14.6 Å². The van der Waals surface area contributed by atoms with Crippen LogP contribution in [0.5, 0.6) is 5.75 Å². The Morgan fingerprint density at radius 1 is 1.10 bits per heavy atom. The van der Waals surface area contributed by atoms with Crippen molar-refractivity contribution in [3.63, 3.8) is 0 Å². The molecule has 0 atom stereocenters. The highest BCUT2D eigenvalue weighted by molar-refractivity contribution is 6.35. The first-order valence-electron chi connectivity index (χ1n) is 5.57. The molecule has 2 aromatic carbocycles. The second-order valence-electron chi connectivity index (χ2n) is 3.94. The molecule has 0 aliphatic rings. The molecule has 0 aliphatic heterocycles. The van der Waals surface area contributed by atoms with Gasteiger partial charge < -0.3 is 9.84 Å². The van der Waals surface area contributed by atoms with E-state index in [1.54, 1.807) is 30.3 Å². The summed E-state index contributed by atoms with van der Waals surface area (Å²) in [5, 5.41) is 10.2. The van der Waals surface area contributed by atoms with E-state index in [0.717, 1.165) is 0 Å². The van der Waals surface area contributed by atoms with Crippen molar-refractivity contribution in [2.24, 2.45) is 0 Å². The van der Waals surface area contributed by atoms with E-state index in [-0.39, 0.29) is 22.9 Å². The summed E-state index contributed by atoms with van der Waals surface area (Å²) in [7, 11) is 0. The SMILES string of the molecule is O=C(O)c1c(Cl)cccc1OCc1ccc(Cl)cc1Cl. The monoisotopic (exact) mass is 330 g/mol. The summed E-state index contributed by atoms with van der Waals surface area (Å²) in [5.74, 6) is -0.955. The molecule has 0 saturated heterocycles. The summed E-state index contributed by atoms with van der Waals surface area (Å²) in [6.07, 6.45) is 0. The molecule has 6 heteroatoms. The van der Waals surface area contributed by atoms with Crippen molar-refractivity contribution in [1.82, 2.24) is 0 Å². The number of aromatic carboxylic acids is 1. The second kappa shape index (κ2) is 6.35. The highest BCUT2D eigenvalue weighted by atomic mass is 35.5. The number of rotatable bonds is 4. The van der Waals surface area contributed by atoms with Crippen LogP contribution in [0.1, 0.15) is 15.9 Å². The molecule has 0 bridgehead atoms. The van der Waals surface area contributed by atoms with E-state index in [0.29, 0.717) is 15.6 Å². The van der Waals surface area contributed by atoms with Crippen molar-refractivity contribution in [1.29, 1.82) is 0 Å². The largest absolute Gasteiger partial charge is 0.488 e. The maximum atomic E-state index is 11.2. The molecule has 0 radical (unpaired) electrons. The van der Waals surface area contributed by atoms with Gasteiger partial charge in [-0.3, -0.25) is 0 Å². The van der Waals surface area contributed by atoms with Crippen LogP contribution in [0, 0.1) is 0 Å². The van der Waals surface area contributed by atoms with E-state index >= 15 is 0 Å². The Kier molecular flexibility index (Phi) is 4.76. The topological polar surface area (TPSA) is 46.5 Å². The number of hydrogen-bond donors (Lipinski definition) is 1. The summed E-state index contributed by atoms with van der Waals surface area (Å²) in [6.45, 7) is 0.122. The van der Waals surface area contributed by atoms with Gasteiger partial charge in [-0.05, 0) is 24.3 Å². The van der Waals surface area contributed by atoms with Crippen molar-refractivity contribution in [3.05, 3.63) is 62.6 Å². The smallest absolute Gasteiger partial charge is 0.341 e. The van der Waals surface area contributed by atoms with E-state index < -0.39 is 5.97 Å². The number of ether oxygens (including phenoxy) is 1. The van der Waals surface area contributed by atoms with Crippen LogP contribution in [-0.4, -0.2) is 11.1 Å². The van der Waals surface area contributed by atoms with Crippen molar-refractivity contribution >= 4 is 40.8 Å². The average molecular weight is 332 g/mol. The van der Waals surface area contributed by atoms with E-state index in [1.807, 2.05) is 0 Å². The first-order valence-corrected chi connectivity index (χ1v) is 6.71. The van der Waals surface area contributed by atoms with Crippen LogP contribution in [0.2, 0.25) is 15.1 Å². The van der Waals surface area contributed by atoms with Crippen LogP contribution < -0.4 is 4.74 Å². The van der Waals surface area contributed by atoms with Gasteiger partial charge in [0, 0.05) is 15.6 Å². The lowest BCUT2D eigenvalue weighted by Gasteiger charge is -2.11. The molecule has 0 unspecified atom stereocenters. The fourth-order valence-corrected chi connectivity index (χ4v) is 2.34. The van der Waals surface area contributed by atoms with E-state index in [9.17, 15) is 4.79 Å². The zero-order valence-electron chi connectivity index (χ0n) is 10.1. The van der Waals surface area contributed by atoms with E-state index in [2.05, 4.69) is 0 Å². The molecule has 20 heavy (non-hydrogen) atoms. The van der Waals surface area contributed by atoms with Crippen LogP contribution in [0.4, 0.5) is 0 Å². The fraction of sp³-hybridized carbons (Fsp3) is 0.0714. The number of hydrogen-bond acceptors (Lipinski definition) is 2. The summed E-state index contributed by atoms with van der Waals surface area (Å²) in [4.78, 5) is 11.2. The number of carboxylic acids is 1. The molecule has 0 saturated carbocycles. The zero-order valence-corrected chi connectivity index (χ0v) is 12.3. The average Bonchev–Trinajstić information content (AvgIpc) is 2.37. The molecule has 0 heterocycles. The van der Waals surface area contributed by atoms with Gasteiger partial charge in [-0.15, -0.1) is 0 Å². The molecule has 0 spiro atoms. The number of carbonyl (C=O) groups is 1. The lowest BCUT2D eigenvalue weighted by atomic mass is 10.2. The highest BCUT2D eigenvalue weighted by Gasteiger charge is 2.15. The Balaban J connectivity index is 2.23. The standard InChI is InChI=1S/C14H9Cl3O3/c15-9-5-4-8(11(17)6-9)7-20-12-3-1-2-10(16)13(12)14(18)19/h1-6H,7H2,(H,18,19). The maximum absolute atomic E-state index is 11.2. The van der Waals surface area contributed by atoms with E-state index in [4.69, 9.17) is 44.6 Å². The second-order valence-corrected chi connectivity index (χ2v) is 5.19. The fourth-order valence-electron chi connectivity index (χ4n) is 1.63. The Morgan fingerprint density at radius 3 is 2.50 bits per heavy atom. The molecule has 0 fully saturated rings. The van der Waals surface area contributed by atoms with Gasteiger partial charge >= 0.3 is 5.97 Å². The minimum absolute atomic E-state index is 0.0701. The first-order chi connectivity index (χ1) is 9.49. The van der Waals surface area contributed by atoms with E-state index in [1.165, 1.54) is 6.07 Å².